The topological polar surface area (TPSA) is 69.9 Å². The van der Waals surface area contributed by atoms with Crippen molar-refractivity contribution in [3.8, 4) is 0 Å². The molecular weight excluding hydrogens is 276 g/mol. The Labute approximate surface area is 123 Å². The van der Waals surface area contributed by atoms with Gasteiger partial charge in [-0.05, 0) is 51.7 Å². The predicted molar refractivity (Wildman–Crippen MR) is 80.6 cm³/mol. The van der Waals surface area contributed by atoms with E-state index in [1.807, 2.05) is 0 Å². The Bertz CT molecular complexity index is 415. The summed E-state index contributed by atoms with van der Waals surface area (Å²) in [5.41, 5.74) is 5.70. The molecule has 20 heavy (non-hydrogen) atoms. The first-order valence-corrected chi connectivity index (χ1v) is 8.96. The normalized spacial score (nSPS) is 30.8. The minimum atomic E-state index is -3.34. The highest BCUT2D eigenvalue weighted by atomic mass is 32.2. The van der Waals surface area contributed by atoms with E-state index in [1.165, 1.54) is 0 Å². The Balaban J connectivity index is 2.04. The lowest BCUT2D eigenvalue weighted by Gasteiger charge is -2.39. The van der Waals surface area contributed by atoms with Crippen molar-refractivity contribution in [2.75, 3.05) is 46.8 Å². The van der Waals surface area contributed by atoms with Crippen LogP contribution >= 0.6 is 0 Å². The molecule has 2 atom stereocenters. The molecule has 2 saturated heterocycles. The SMILES string of the molecule is CN1CCCC(N(C)S(=O)(=O)N2CCCC(CN)C2)C1. The first-order chi connectivity index (χ1) is 9.45. The van der Waals surface area contributed by atoms with E-state index < -0.39 is 10.2 Å². The smallest absolute Gasteiger partial charge is 0.282 e. The Morgan fingerprint density at radius 2 is 1.90 bits per heavy atom. The molecular formula is C13H28N4O2S. The molecule has 0 spiro atoms. The number of hydrogen-bond donors (Lipinski definition) is 1. The monoisotopic (exact) mass is 304 g/mol. The maximum atomic E-state index is 12.7. The van der Waals surface area contributed by atoms with Crippen LogP contribution in [0.5, 0.6) is 0 Å². The van der Waals surface area contributed by atoms with E-state index in [0.717, 1.165) is 38.8 Å². The second-order valence-corrected chi connectivity index (χ2v) is 8.17. The number of likely N-dealkylation sites (tertiary alicyclic amines) is 1. The second kappa shape index (κ2) is 6.70. The van der Waals surface area contributed by atoms with Gasteiger partial charge in [0.25, 0.3) is 10.2 Å². The summed E-state index contributed by atoms with van der Waals surface area (Å²) in [6.07, 6.45) is 3.97. The van der Waals surface area contributed by atoms with Gasteiger partial charge in [0.15, 0.2) is 0 Å². The first kappa shape index (κ1) is 16.2. The van der Waals surface area contributed by atoms with Crippen molar-refractivity contribution in [3.05, 3.63) is 0 Å². The third-order valence-electron chi connectivity index (χ3n) is 4.62. The van der Waals surface area contributed by atoms with Crippen molar-refractivity contribution in [1.82, 2.24) is 13.5 Å². The highest BCUT2D eigenvalue weighted by Gasteiger charge is 2.35. The number of piperidine rings is 2. The maximum absolute atomic E-state index is 12.7. The minimum absolute atomic E-state index is 0.0944. The van der Waals surface area contributed by atoms with Gasteiger partial charge < -0.3 is 10.6 Å². The Kier molecular flexibility index (Phi) is 5.42. The van der Waals surface area contributed by atoms with Crippen LogP contribution in [0.25, 0.3) is 0 Å². The summed E-state index contributed by atoms with van der Waals surface area (Å²) in [5.74, 6) is 0.306. The Morgan fingerprint density at radius 3 is 2.55 bits per heavy atom. The maximum Gasteiger partial charge on any atom is 0.282 e. The lowest BCUT2D eigenvalue weighted by molar-refractivity contribution is 0.175. The number of hydrogen-bond acceptors (Lipinski definition) is 4. The molecule has 0 aromatic heterocycles. The molecule has 2 heterocycles. The lowest BCUT2D eigenvalue weighted by Crippen LogP contribution is -2.54. The van der Waals surface area contributed by atoms with E-state index >= 15 is 0 Å². The van der Waals surface area contributed by atoms with Crippen molar-refractivity contribution in [2.45, 2.75) is 31.7 Å². The number of nitrogens with two attached hydrogens (primary N) is 1. The van der Waals surface area contributed by atoms with Crippen LogP contribution < -0.4 is 5.73 Å². The van der Waals surface area contributed by atoms with Crippen molar-refractivity contribution >= 4 is 10.2 Å². The van der Waals surface area contributed by atoms with Crippen LogP contribution in [-0.4, -0.2) is 74.8 Å². The molecule has 2 aliphatic heterocycles. The third-order valence-corrected chi connectivity index (χ3v) is 6.63. The van der Waals surface area contributed by atoms with Crippen LogP contribution in [0.2, 0.25) is 0 Å². The first-order valence-electron chi connectivity index (χ1n) is 7.57. The van der Waals surface area contributed by atoms with E-state index in [9.17, 15) is 8.42 Å². The molecule has 0 aliphatic carbocycles. The summed E-state index contributed by atoms with van der Waals surface area (Å²) in [6, 6.07) is 0.0944. The van der Waals surface area contributed by atoms with Crippen LogP contribution in [0.4, 0.5) is 0 Å². The number of likely N-dealkylation sites (N-methyl/N-ethyl adjacent to an activating group) is 2. The van der Waals surface area contributed by atoms with Gasteiger partial charge in [0, 0.05) is 32.7 Å². The fraction of sp³-hybridized carbons (Fsp3) is 1.00. The zero-order valence-corrected chi connectivity index (χ0v) is 13.5. The molecule has 2 aliphatic rings. The molecule has 6 nitrogen and oxygen atoms in total. The third kappa shape index (κ3) is 3.51. The predicted octanol–water partition coefficient (Wildman–Crippen LogP) is -0.0721. The van der Waals surface area contributed by atoms with Gasteiger partial charge in [-0.2, -0.15) is 17.0 Å². The average Bonchev–Trinajstić information content (AvgIpc) is 2.46. The zero-order valence-electron chi connectivity index (χ0n) is 12.7. The van der Waals surface area contributed by atoms with Gasteiger partial charge in [-0.1, -0.05) is 0 Å². The van der Waals surface area contributed by atoms with Crippen molar-refractivity contribution in [2.24, 2.45) is 11.7 Å². The lowest BCUT2D eigenvalue weighted by atomic mass is 10.0. The molecule has 0 amide bonds. The molecule has 0 aromatic rings. The van der Waals surface area contributed by atoms with Crippen molar-refractivity contribution in [3.63, 3.8) is 0 Å². The molecule has 0 bridgehead atoms. The van der Waals surface area contributed by atoms with Gasteiger partial charge in [0.05, 0.1) is 0 Å². The van der Waals surface area contributed by atoms with E-state index in [1.54, 1.807) is 15.7 Å². The second-order valence-electron chi connectivity index (χ2n) is 6.18. The fourth-order valence-corrected chi connectivity index (χ4v) is 4.91. The quantitative estimate of drug-likeness (QED) is 0.789. The van der Waals surface area contributed by atoms with Crippen LogP contribution in [0, 0.1) is 5.92 Å². The summed E-state index contributed by atoms with van der Waals surface area (Å²) in [6.45, 7) is 3.66. The van der Waals surface area contributed by atoms with Crippen LogP contribution in [0.3, 0.4) is 0 Å². The molecule has 2 rings (SSSR count). The molecule has 0 radical (unpaired) electrons. The summed E-state index contributed by atoms with van der Waals surface area (Å²) in [7, 11) is 0.437. The molecule has 2 N–H and O–H groups in total. The molecule has 0 saturated carbocycles. The standard InChI is InChI=1S/C13H28N4O2S/c1-15-7-4-6-13(11-15)16(2)20(18,19)17-8-3-5-12(9-14)10-17/h12-13H,3-11,14H2,1-2H3. The minimum Gasteiger partial charge on any atom is -0.330 e. The highest BCUT2D eigenvalue weighted by molar-refractivity contribution is 7.86. The van der Waals surface area contributed by atoms with Gasteiger partial charge in [-0.25, -0.2) is 0 Å². The van der Waals surface area contributed by atoms with Crippen LogP contribution in [-0.2, 0) is 10.2 Å². The van der Waals surface area contributed by atoms with Crippen molar-refractivity contribution < 1.29 is 8.42 Å². The molecule has 2 fully saturated rings. The van der Waals surface area contributed by atoms with Crippen LogP contribution in [0.15, 0.2) is 0 Å². The average molecular weight is 304 g/mol. The summed E-state index contributed by atoms with van der Waals surface area (Å²) in [4.78, 5) is 2.21. The van der Waals surface area contributed by atoms with Crippen LogP contribution in [0.1, 0.15) is 25.7 Å². The number of rotatable bonds is 4. The van der Waals surface area contributed by atoms with Gasteiger partial charge in [-0.3, -0.25) is 0 Å². The van der Waals surface area contributed by atoms with Gasteiger partial charge in [0.1, 0.15) is 0 Å². The molecule has 0 aromatic carbocycles. The molecule has 7 heteroatoms. The highest BCUT2D eigenvalue weighted by Crippen LogP contribution is 2.23. The Hall–Kier alpha value is -0.210. The zero-order chi connectivity index (χ0) is 14.8. The van der Waals surface area contributed by atoms with Gasteiger partial charge >= 0.3 is 0 Å². The van der Waals surface area contributed by atoms with E-state index in [2.05, 4.69) is 11.9 Å². The fourth-order valence-electron chi connectivity index (χ4n) is 3.24. The van der Waals surface area contributed by atoms with E-state index in [0.29, 0.717) is 25.6 Å². The van der Waals surface area contributed by atoms with Gasteiger partial charge in [0.2, 0.25) is 0 Å². The summed E-state index contributed by atoms with van der Waals surface area (Å²) >= 11 is 0. The number of nitrogens with zero attached hydrogens (tertiary/aromatic N) is 3. The summed E-state index contributed by atoms with van der Waals surface area (Å²) < 4.78 is 28.7. The van der Waals surface area contributed by atoms with Gasteiger partial charge in [-0.15, -0.1) is 0 Å². The summed E-state index contributed by atoms with van der Waals surface area (Å²) in [5, 5.41) is 0. The van der Waals surface area contributed by atoms with E-state index in [4.69, 9.17) is 5.73 Å². The Morgan fingerprint density at radius 1 is 1.20 bits per heavy atom. The van der Waals surface area contributed by atoms with E-state index in [-0.39, 0.29) is 6.04 Å². The largest absolute Gasteiger partial charge is 0.330 e. The van der Waals surface area contributed by atoms with Crippen molar-refractivity contribution in [1.29, 1.82) is 0 Å². The molecule has 2 unspecified atom stereocenters. The molecule has 118 valence electrons.